The van der Waals surface area contributed by atoms with E-state index >= 15 is 0 Å². The van der Waals surface area contributed by atoms with Crippen molar-refractivity contribution in [3.63, 3.8) is 0 Å². The Labute approximate surface area is 145 Å². The van der Waals surface area contributed by atoms with Crippen molar-refractivity contribution in [2.24, 2.45) is 17.6 Å². The van der Waals surface area contributed by atoms with Gasteiger partial charge in [-0.05, 0) is 36.9 Å². The van der Waals surface area contributed by atoms with Crippen molar-refractivity contribution in [2.75, 3.05) is 11.9 Å². The number of amides is 1. The lowest BCUT2D eigenvalue weighted by Crippen LogP contribution is -2.29. The minimum Gasteiger partial charge on any atom is -0.330 e. The van der Waals surface area contributed by atoms with Crippen molar-refractivity contribution in [2.45, 2.75) is 25.7 Å². The van der Waals surface area contributed by atoms with Gasteiger partial charge in [-0.1, -0.05) is 36.2 Å². The molecule has 0 bridgehead atoms. The van der Waals surface area contributed by atoms with E-state index in [0.29, 0.717) is 17.6 Å². The van der Waals surface area contributed by atoms with Crippen LogP contribution in [0.2, 0.25) is 5.02 Å². The molecule has 2 atom stereocenters. The molecule has 1 aromatic heterocycles. The number of nitrogens with one attached hydrogen (secondary N) is 1. The molecular weight excluding hydrogens is 330 g/mol. The summed E-state index contributed by atoms with van der Waals surface area (Å²) in [7, 11) is 0. The highest BCUT2D eigenvalue weighted by Gasteiger charge is 2.32. The molecule has 122 valence electrons. The number of rotatable bonds is 5. The summed E-state index contributed by atoms with van der Waals surface area (Å²) in [6.45, 7) is 0.577. The molecule has 1 aliphatic carbocycles. The van der Waals surface area contributed by atoms with Gasteiger partial charge in [0.2, 0.25) is 5.91 Å². The Morgan fingerprint density at radius 1 is 1.39 bits per heavy atom. The first-order valence-electron chi connectivity index (χ1n) is 7.86. The average Bonchev–Trinajstić information content (AvgIpc) is 3.18. The summed E-state index contributed by atoms with van der Waals surface area (Å²) in [5.74, 6) is 0.380. The Balaban J connectivity index is 1.63. The van der Waals surface area contributed by atoms with E-state index in [9.17, 15) is 4.79 Å². The van der Waals surface area contributed by atoms with Crippen LogP contribution in [-0.4, -0.2) is 17.4 Å². The first-order valence-corrected chi connectivity index (χ1v) is 9.06. The van der Waals surface area contributed by atoms with Gasteiger partial charge in [-0.3, -0.25) is 4.79 Å². The third-order valence-electron chi connectivity index (χ3n) is 4.40. The molecule has 0 unspecified atom stereocenters. The average molecular weight is 350 g/mol. The monoisotopic (exact) mass is 349 g/mol. The van der Waals surface area contributed by atoms with Gasteiger partial charge in [-0.2, -0.15) is 0 Å². The lowest BCUT2D eigenvalue weighted by molar-refractivity contribution is -0.120. The third-order valence-corrected chi connectivity index (χ3v) is 5.69. The maximum Gasteiger partial charge on any atom is 0.229 e. The SMILES string of the molecule is NC[C@H]1CCC[C@H]1C(=O)Nc1ncc(Cc2ccccc2Cl)s1. The summed E-state index contributed by atoms with van der Waals surface area (Å²) in [6, 6.07) is 7.77. The molecule has 1 fully saturated rings. The molecule has 1 heterocycles. The molecule has 23 heavy (non-hydrogen) atoms. The number of nitrogens with two attached hydrogens (primary N) is 1. The number of hydrogen-bond acceptors (Lipinski definition) is 4. The molecule has 6 heteroatoms. The predicted octanol–water partition coefficient (Wildman–Crippen LogP) is 3.70. The summed E-state index contributed by atoms with van der Waals surface area (Å²) >= 11 is 7.69. The molecule has 1 aromatic carbocycles. The van der Waals surface area contributed by atoms with E-state index in [1.165, 1.54) is 11.3 Å². The molecule has 1 saturated carbocycles. The van der Waals surface area contributed by atoms with Crippen LogP contribution in [0.3, 0.4) is 0 Å². The summed E-state index contributed by atoms with van der Waals surface area (Å²) in [6.07, 6.45) is 5.58. The summed E-state index contributed by atoms with van der Waals surface area (Å²) in [5.41, 5.74) is 6.82. The Morgan fingerprint density at radius 2 is 2.22 bits per heavy atom. The summed E-state index contributed by atoms with van der Waals surface area (Å²) < 4.78 is 0. The second-order valence-electron chi connectivity index (χ2n) is 5.92. The number of carbonyl (C=O) groups excluding carboxylic acids is 1. The second-order valence-corrected chi connectivity index (χ2v) is 7.44. The highest BCUT2D eigenvalue weighted by Crippen LogP contribution is 2.32. The lowest BCUT2D eigenvalue weighted by Gasteiger charge is -2.16. The van der Waals surface area contributed by atoms with Gasteiger partial charge in [0.1, 0.15) is 0 Å². The summed E-state index contributed by atoms with van der Waals surface area (Å²) in [5, 5.41) is 4.35. The first-order chi connectivity index (χ1) is 11.2. The van der Waals surface area contributed by atoms with Crippen LogP contribution in [0.15, 0.2) is 30.5 Å². The molecule has 2 aromatic rings. The number of aromatic nitrogens is 1. The van der Waals surface area contributed by atoms with Crippen molar-refractivity contribution in [1.29, 1.82) is 0 Å². The van der Waals surface area contributed by atoms with E-state index in [-0.39, 0.29) is 11.8 Å². The zero-order chi connectivity index (χ0) is 16.2. The normalized spacial score (nSPS) is 20.6. The molecule has 0 spiro atoms. The number of anilines is 1. The van der Waals surface area contributed by atoms with Crippen LogP contribution in [0.1, 0.15) is 29.7 Å². The molecular formula is C17H20ClN3OS. The second kappa shape index (κ2) is 7.43. The van der Waals surface area contributed by atoms with Crippen LogP contribution in [0.5, 0.6) is 0 Å². The van der Waals surface area contributed by atoms with E-state index in [2.05, 4.69) is 10.3 Å². The maximum atomic E-state index is 12.4. The van der Waals surface area contributed by atoms with Crippen molar-refractivity contribution >= 4 is 34.0 Å². The fraction of sp³-hybridized carbons (Fsp3) is 0.412. The standard InChI is InChI=1S/C17H20ClN3OS/c18-15-7-2-1-4-11(15)8-13-10-20-17(23-13)21-16(22)14-6-3-5-12(14)9-19/h1-2,4,7,10,12,14H,3,5-6,8-9,19H2,(H,20,21,22)/t12-,14-/m1/s1. The maximum absolute atomic E-state index is 12.4. The molecule has 3 rings (SSSR count). The Hall–Kier alpha value is -1.43. The lowest BCUT2D eigenvalue weighted by atomic mass is 9.95. The molecule has 4 nitrogen and oxygen atoms in total. The molecule has 0 radical (unpaired) electrons. The van der Waals surface area contributed by atoms with Gasteiger partial charge in [-0.25, -0.2) is 4.98 Å². The summed E-state index contributed by atoms with van der Waals surface area (Å²) in [4.78, 5) is 17.8. The Bertz CT molecular complexity index is 688. The largest absolute Gasteiger partial charge is 0.330 e. The highest BCUT2D eigenvalue weighted by atomic mass is 35.5. The molecule has 0 aliphatic heterocycles. The van der Waals surface area contributed by atoms with Crippen LogP contribution < -0.4 is 11.1 Å². The fourth-order valence-electron chi connectivity index (χ4n) is 3.14. The van der Waals surface area contributed by atoms with E-state index in [1.807, 2.05) is 24.3 Å². The van der Waals surface area contributed by atoms with Gasteiger partial charge in [-0.15, -0.1) is 11.3 Å². The predicted molar refractivity (Wildman–Crippen MR) is 94.9 cm³/mol. The van der Waals surface area contributed by atoms with E-state index < -0.39 is 0 Å². The van der Waals surface area contributed by atoms with Gasteiger partial charge in [0.25, 0.3) is 0 Å². The number of hydrogen-bond donors (Lipinski definition) is 2. The van der Waals surface area contributed by atoms with Crippen LogP contribution in [0, 0.1) is 11.8 Å². The minimum atomic E-state index is 0.0240. The molecule has 0 saturated heterocycles. The van der Waals surface area contributed by atoms with Crippen LogP contribution in [0.25, 0.3) is 0 Å². The first kappa shape index (κ1) is 16.4. The number of thiazole rings is 1. The molecule has 1 amide bonds. The van der Waals surface area contributed by atoms with Gasteiger partial charge >= 0.3 is 0 Å². The number of benzene rings is 1. The van der Waals surface area contributed by atoms with Crippen LogP contribution in [0.4, 0.5) is 5.13 Å². The van der Waals surface area contributed by atoms with Crippen molar-refractivity contribution < 1.29 is 4.79 Å². The van der Waals surface area contributed by atoms with E-state index in [4.69, 9.17) is 17.3 Å². The Morgan fingerprint density at radius 3 is 3.00 bits per heavy atom. The third kappa shape index (κ3) is 3.91. The smallest absolute Gasteiger partial charge is 0.229 e. The molecule has 1 aliphatic rings. The van der Waals surface area contributed by atoms with Gasteiger partial charge in [0, 0.05) is 28.4 Å². The fourth-order valence-corrected chi connectivity index (χ4v) is 4.18. The van der Waals surface area contributed by atoms with E-state index in [1.54, 1.807) is 6.20 Å². The zero-order valence-electron chi connectivity index (χ0n) is 12.8. The van der Waals surface area contributed by atoms with Crippen molar-refractivity contribution in [3.05, 3.63) is 45.9 Å². The van der Waals surface area contributed by atoms with Crippen LogP contribution in [-0.2, 0) is 11.2 Å². The molecule has 3 N–H and O–H groups in total. The number of nitrogens with zero attached hydrogens (tertiary/aromatic N) is 1. The number of halogens is 1. The highest BCUT2D eigenvalue weighted by molar-refractivity contribution is 7.15. The van der Waals surface area contributed by atoms with E-state index in [0.717, 1.165) is 41.1 Å². The van der Waals surface area contributed by atoms with Gasteiger partial charge < -0.3 is 11.1 Å². The van der Waals surface area contributed by atoms with Gasteiger partial charge in [0.15, 0.2) is 5.13 Å². The topological polar surface area (TPSA) is 68.0 Å². The zero-order valence-corrected chi connectivity index (χ0v) is 14.4. The van der Waals surface area contributed by atoms with Crippen LogP contribution >= 0.6 is 22.9 Å². The van der Waals surface area contributed by atoms with Crippen molar-refractivity contribution in [1.82, 2.24) is 4.98 Å². The minimum absolute atomic E-state index is 0.0240. The van der Waals surface area contributed by atoms with Crippen molar-refractivity contribution in [3.8, 4) is 0 Å². The van der Waals surface area contributed by atoms with Gasteiger partial charge in [0.05, 0.1) is 0 Å². The Kier molecular flexibility index (Phi) is 5.30. The number of carbonyl (C=O) groups is 1. The quantitative estimate of drug-likeness (QED) is 0.864.